The molecule has 0 spiro atoms. The number of hydrogen-bond donors (Lipinski definition) is 6. The van der Waals surface area contributed by atoms with E-state index in [1.165, 1.54) is 186 Å². The van der Waals surface area contributed by atoms with Gasteiger partial charge in [0.25, 0.3) is 0 Å². The molecule has 1 fully saturated rings. The van der Waals surface area contributed by atoms with Crippen molar-refractivity contribution in [2.45, 2.75) is 307 Å². The van der Waals surface area contributed by atoms with Gasteiger partial charge in [0.2, 0.25) is 5.91 Å². The van der Waals surface area contributed by atoms with E-state index in [4.69, 9.17) is 9.47 Å². The Labute approximate surface area is 392 Å². The second kappa shape index (κ2) is 42.2. The largest absolute Gasteiger partial charge is 0.397 e. The van der Waals surface area contributed by atoms with Crippen LogP contribution in [0, 0.1) is 0 Å². The molecule has 0 aromatic carbocycles. The monoisotopic (exact) mass is 936 g/mol. The first kappa shape index (κ1) is 61.1. The number of rotatable bonds is 47. The summed E-state index contributed by atoms with van der Waals surface area (Å²) < 4.78 is 47.7. The maximum Gasteiger partial charge on any atom is 0.397 e. The van der Waals surface area contributed by atoms with Crippen LogP contribution in [0.3, 0.4) is 0 Å². The summed E-state index contributed by atoms with van der Waals surface area (Å²) in [5, 5.41) is 44.9. The first-order chi connectivity index (χ1) is 31.0. The fraction of sp³-hybridized carbons (Fsp3) is 0.980. The van der Waals surface area contributed by atoms with E-state index in [9.17, 15) is 38.2 Å². The van der Waals surface area contributed by atoms with Crippen LogP contribution >= 0.6 is 0 Å². The smallest absolute Gasteiger partial charge is 0.394 e. The van der Waals surface area contributed by atoms with E-state index in [2.05, 4.69) is 23.3 Å². The van der Waals surface area contributed by atoms with Crippen molar-refractivity contribution in [3.8, 4) is 0 Å². The lowest BCUT2D eigenvalue weighted by Crippen LogP contribution is -2.61. The minimum absolute atomic E-state index is 0.225. The summed E-state index contributed by atoms with van der Waals surface area (Å²) >= 11 is 0. The van der Waals surface area contributed by atoms with Crippen LogP contribution in [0.5, 0.6) is 0 Å². The van der Waals surface area contributed by atoms with Crippen LogP contribution in [-0.2, 0) is 28.9 Å². The van der Waals surface area contributed by atoms with Crippen molar-refractivity contribution in [2.75, 3.05) is 13.2 Å². The first-order valence-corrected chi connectivity index (χ1v) is 28.3. The van der Waals surface area contributed by atoms with E-state index in [0.29, 0.717) is 12.8 Å². The third kappa shape index (κ3) is 34.4. The highest BCUT2D eigenvalue weighted by Gasteiger charge is 2.48. The first-order valence-electron chi connectivity index (χ1n) is 26.9. The van der Waals surface area contributed by atoms with Crippen LogP contribution in [0.4, 0.5) is 0 Å². The normalized spacial score (nSPS) is 20.1. The summed E-state index contributed by atoms with van der Waals surface area (Å²) in [6, 6.07) is -0.851. The van der Waals surface area contributed by atoms with Crippen LogP contribution in [0.2, 0.25) is 0 Å². The fourth-order valence-corrected chi connectivity index (χ4v) is 9.50. The van der Waals surface area contributed by atoms with Gasteiger partial charge in [-0.1, -0.05) is 245 Å². The maximum absolute atomic E-state index is 13.1. The lowest BCUT2D eigenvalue weighted by molar-refractivity contribution is -0.298. The average Bonchev–Trinajstić information content (AvgIpc) is 3.27. The molecule has 7 atom stereocenters. The number of amides is 1. The SMILES string of the molecule is CCCCCCCCCCCCCCCCCCCCCCCCCCCCCC(=O)NC(COC1OC(CO)C(O)C(OS(=O)(=O)O)C1O)C(O)CCCCCCCCCCCC. The highest BCUT2D eigenvalue weighted by Crippen LogP contribution is 2.26. The van der Waals surface area contributed by atoms with Gasteiger partial charge in [0.15, 0.2) is 6.29 Å². The quantitative estimate of drug-likeness (QED) is 0.0251. The molecule has 1 amide bonds. The van der Waals surface area contributed by atoms with Crippen molar-refractivity contribution in [1.82, 2.24) is 5.32 Å². The number of carbonyl (C=O) groups is 1. The Hall–Kier alpha value is -0.900. The number of carbonyl (C=O) groups excluding carboxylic acids is 1. The minimum Gasteiger partial charge on any atom is -0.394 e. The third-order valence-electron chi connectivity index (χ3n) is 13.2. The Morgan fingerprint density at radius 3 is 1.25 bits per heavy atom. The van der Waals surface area contributed by atoms with Gasteiger partial charge in [0, 0.05) is 6.42 Å². The summed E-state index contributed by atoms with van der Waals surface area (Å²) in [6.45, 7) is 3.46. The highest BCUT2D eigenvalue weighted by atomic mass is 32.3. The molecule has 0 aliphatic carbocycles. The fourth-order valence-electron chi connectivity index (χ4n) is 8.99. The van der Waals surface area contributed by atoms with Crippen molar-refractivity contribution in [2.24, 2.45) is 0 Å². The molecule has 1 aliphatic rings. The van der Waals surface area contributed by atoms with Crippen LogP contribution in [0.15, 0.2) is 0 Å². The van der Waals surface area contributed by atoms with Crippen molar-refractivity contribution in [1.29, 1.82) is 0 Å². The average molecular weight is 936 g/mol. The number of aliphatic hydroxyl groups is 4. The van der Waals surface area contributed by atoms with Crippen LogP contribution < -0.4 is 5.32 Å². The Kier molecular flexibility index (Phi) is 40.3. The second-order valence-corrected chi connectivity index (χ2v) is 20.2. The minimum atomic E-state index is -5.07. The molecule has 7 unspecified atom stereocenters. The van der Waals surface area contributed by atoms with Gasteiger partial charge in [-0.3, -0.25) is 9.35 Å². The molecular formula is C51H101NO11S. The molecule has 382 valence electrons. The standard InChI is InChI=1S/C51H101NO11S/c1-3-5-7-9-11-13-15-16-17-18-19-20-21-22-23-24-25-26-27-28-29-30-31-33-35-37-39-41-47(55)52-44(45(54)40-38-36-34-32-14-12-10-8-6-4-2)43-61-51-49(57)50(63-64(58,59)60)48(56)46(42-53)62-51/h44-46,48-51,53-54,56-57H,3-43H2,1-2H3,(H,52,55)(H,58,59,60). The van der Waals surface area contributed by atoms with Gasteiger partial charge in [-0.25, -0.2) is 4.18 Å². The Morgan fingerprint density at radius 2 is 0.906 bits per heavy atom. The van der Waals surface area contributed by atoms with Gasteiger partial charge in [-0.2, -0.15) is 8.42 Å². The zero-order valence-electron chi connectivity index (χ0n) is 41.1. The molecule has 1 rings (SSSR count). The summed E-state index contributed by atoms with van der Waals surface area (Å²) in [6.07, 6.45) is 38.5. The van der Waals surface area contributed by atoms with Gasteiger partial charge in [-0.05, 0) is 12.8 Å². The zero-order valence-corrected chi connectivity index (χ0v) is 41.9. The molecule has 0 saturated carbocycles. The lowest BCUT2D eigenvalue weighted by Gasteiger charge is -2.41. The molecule has 12 nitrogen and oxygen atoms in total. The van der Waals surface area contributed by atoms with Gasteiger partial charge in [0.1, 0.15) is 24.4 Å². The van der Waals surface area contributed by atoms with Crippen molar-refractivity contribution >= 4 is 16.3 Å². The molecular weight excluding hydrogens is 835 g/mol. The van der Waals surface area contributed by atoms with Crippen LogP contribution in [-0.4, -0.2) is 95.4 Å². The number of ether oxygens (including phenoxy) is 2. The van der Waals surface area contributed by atoms with Crippen molar-refractivity contribution in [3.05, 3.63) is 0 Å². The van der Waals surface area contributed by atoms with Gasteiger partial charge < -0.3 is 35.2 Å². The molecule has 13 heteroatoms. The molecule has 1 aliphatic heterocycles. The Balaban J connectivity index is 2.25. The molecule has 0 aromatic rings. The Bertz CT molecular complexity index is 1150. The Morgan fingerprint density at radius 1 is 0.562 bits per heavy atom. The molecule has 0 aromatic heterocycles. The molecule has 1 saturated heterocycles. The summed E-state index contributed by atoms with van der Waals surface area (Å²) in [4.78, 5) is 13.1. The van der Waals surface area contributed by atoms with Crippen LogP contribution in [0.1, 0.15) is 264 Å². The van der Waals surface area contributed by atoms with E-state index in [0.717, 1.165) is 51.4 Å². The van der Waals surface area contributed by atoms with E-state index in [1.807, 2.05) is 0 Å². The van der Waals surface area contributed by atoms with Gasteiger partial charge >= 0.3 is 10.4 Å². The zero-order chi connectivity index (χ0) is 46.9. The molecule has 0 bridgehead atoms. The number of hydrogen-bond acceptors (Lipinski definition) is 10. The summed E-state index contributed by atoms with van der Waals surface area (Å²) in [5.74, 6) is -0.225. The molecule has 1 heterocycles. The predicted molar refractivity (Wildman–Crippen MR) is 259 cm³/mol. The molecule has 64 heavy (non-hydrogen) atoms. The topological polar surface area (TPSA) is 192 Å². The van der Waals surface area contributed by atoms with Crippen molar-refractivity contribution in [3.63, 3.8) is 0 Å². The van der Waals surface area contributed by atoms with E-state index in [-0.39, 0.29) is 12.5 Å². The maximum atomic E-state index is 13.1. The number of aliphatic hydroxyl groups excluding tert-OH is 4. The van der Waals surface area contributed by atoms with Crippen LogP contribution in [0.25, 0.3) is 0 Å². The number of nitrogens with one attached hydrogen (secondary N) is 1. The third-order valence-corrected chi connectivity index (χ3v) is 13.6. The molecule has 6 N–H and O–H groups in total. The lowest BCUT2D eigenvalue weighted by atomic mass is 9.99. The second-order valence-electron chi connectivity index (χ2n) is 19.2. The van der Waals surface area contributed by atoms with Gasteiger partial charge in [0.05, 0.1) is 25.4 Å². The highest BCUT2D eigenvalue weighted by molar-refractivity contribution is 7.80. The number of unbranched alkanes of at least 4 members (excludes halogenated alkanes) is 35. The van der Waals surface area contributed by atoms with Crippen molar-refractivity contribution < 1.29 is 51.8 Å². The van der Waals surface area contributed by atoms with E-state index >= 15 is 0 Å². The summed E-state index contributed by atoms with van der Waals surface area (Å²) in [5.41, 5.74) is 0. The summed E-state index contributed by atoms with van der Waals surface area (Å²) in [7, 11) is -5.07. The predicted octanol–water partition coefficient (Wildman–Crippen LogP) is 11.7. The van der Waals surface area contributed by atoms with Gasteiger partial charge in [-0.15, -0.1) is 0 Å². The molecule has 0 radical (unpaired) electrons. The van der Waals surface area contributed by atoms with E-state index in [1.54, 1.807) is 0 Å². The van der Waals surface area contributed by atoms with E-state index < -0.39 is 59.9 Å².